The van der Waals surface area contributed by atoms with E-state index in [9.17, 15) is 14.0 Å². The Morgan fingerprint density at radius 2 is 1.96 bits per heavy atom. The van der Waals surface area contributed by atoms with Crippen molar-refractivity contribution in [1.82, 2.24) is 9.55 Å². The standard InChI is InChI=1S/C18H14ClFN2O4/c1-22-15-8-13(20)12(7-14(15)21-16(19)17(22)23)18(24)26-9-10-3-5-11(25-2)6-4-10/h3-8H,9H2,1-2H3. The Morgan fingerprint density at radius 3 is 2.62 bits per heavy atom. The second-order valence-electron chi connectivity index (χ2n) is 5.51. The van der Waals surface area contributed by atoms with E-state index in [2.05, 4.69) is 4.98 Å². The first kappa shape index (κ1) is 17.9. The molecule has 0 atom stereocenters. The fraction of sp³-hybridized carbons (Fsp3) is 0.167. The molecule has 0 aliphatic heterocycles. The molecule has 0 bridgehead atoms. The van der Waals surface area contributed by atoms with E-state index in [1.54, 1.807) is 31.4 Å². The third-order valence-corrected chi connectivity index (χ3v) is 4.12. The molecule has 134 valence electrons. The second-order valence-corrected chi connectivity index (χ2v) is 5.87. The van der Waals surface area contributed by atoms with E-state index in [4.69, 9.17) is 21.1 Å². The lowest BCUT2D eigenvalue weighted by Crippen LogP contribution is -2.19. The third kappa shape index (κ3) is 3.39. The van der Waals surface area contributed by atoms with Gasteiger partial charge in [0.05, 0.1) is 23.7 Å². The lowest BCUT2D eigenvalue weighted by molar-refractivity contribution is 0.0467. The Kier molecular flexibility index (Phi) is 4.90. The lowest BCUT2D eigenvalue weighted by Gasteiger charge is -2.09. The fourth-order valence-corrected chi connectivity index (χ4v) is 2.63. The summed E-state index contributed by atoms with van der Waals surface area (Å²) in [4.78, 5) is 27.9. The van der Waals surface area contributed by atoms with Crippen LogP contribution in [0.5, 0.6) is 5.75 Å². The number of carbonyl (C=O) groups excluding carboxylic acids is 1. The van der Waals surface area contributed by atoms with Crippen molar-refractivity contribution in [1.29, 1.82) is 0 Å². The van der Waals surface area contributed by atoms with Crippen molar-refractivity contribution in [2.24, 2.45) is 7.05 Å². The van der Waals surface area contributed by atoms with Crippen LogP contribution in [-0.4, -0.2) is 22.6 Å². The summed E-state index contributed by atoms with van der Waals surface area (Å²) in [5.74, 6) is -0.974. The van der Waals surface area contributed by atoms with Gasteiger partial charge in [-0.1, -0.05) is 23.7 Å². The molecule has 0 radical (unpaired) electrons. The van der Waals surface area contributed by atoms with Gasteiger partial charge >= 0.3 is 5.97 Å². The van der Waals surface area contributed by atoms with Gasteiger partial charge in [-0.3, -0.25) is 4.79 Å². The highest BCUT2D eigenvalue weighted by molar-refractivity contribution is 6.29. The molecule has 0 aliphatic carbocycles. The molecule has 6 nitrogen and oxygen atoms in total. The van der Waals surface area contributed by atoms with Gasteiger partial charge in [0.2, 0.25) is 0 Å². The number of aromatic nitrogens is 2. The number of hydrogen-bond donors (Lipinski definition) is 0. The topological polar surface area (TPSA) is 70.4 Å². The molecular formula is C18H14ClFN2O4. The van der Waals surface area contributed by atoms with E-state index in [0.717, 1.165) is 11.6 Å². The SMILES string of the molecule is COc1ccc(COC(=O)c2cc3nc(Cl)c(=O)n(C)c3cc2F)cc1. The van der Waals surface area contributed by atoms with Gasteiger partial charge in [-0.2, -0.15) is 0 Å². The molecule has 0 spiro atoms. The van der Waals surface area contributed by atoms with Crippen LogP contribution >= 0.6 is 11.6 Å². The molecule has 0 N–H and O–H groups in total. The Bertz CT molecular complexity index is 1050. The predicted octanol–water partition coefficient (Wildman–Crippen LogP) is 3.09. The number of halogens is 2. The molecule has 0 fully saturated rings. The Balaban J connectivity index is 1.86. The van der Waals surface area contributed by atoms with Crippen LogP contribution in [0.4, 0.5) is 4.39 Å². The van der Waals surface area contributed by atoms with Crippen LogP contribution in [-0.2, 0) is 18.4 Å². The van der Waals surface area contributed by atoms with E-state index < -0.39 is 17.3 Å². The van der Waals surface area contributed by atoms with Crippen molar-refractivity contribution in [2.75, 3.05) is 7.11 Å². The Labute approximate surface area is 152 Å². The quantitative estimate of drug-likeness (QED) is 0.654. The number of hydrogen-bond acceptors (Lipinski definition) is 5. The van der Waals surface area contributed by atoms with Gasteiger partial charge in [0.25, 0.3) is 5.56 Å². The monoisotopic (exact) mass is 376 g/mol. The maximum Gasteiger partial charge on any atom is 0.341 e. The summed E-state index contributed by atoms with van der Waals surface area (Å²) in [5.41, 5.74) is 0.337. The van der Waals surface area contributed by atoms with E-state index in [1.165, 1.54) is 17.7 Å². The van der Waals surface area contributed by atoms with Crippen molar-refractivity contribution in [3.63, 3.8) is 0 Å². The van der Waals surface area contributed by atoms with Gasteiger partial charge in [-0.05, 0) is 23.8 Å². The van der Waals surface area contributed by atoms with Crippen LogP contribution < -0.4 is 10.3 Å². The van der Waals surface area contributed by atoms with E-state index in [0.29, 0.717) is 5.75 Å². The molecule has 26 heavy (non-hydrogen) atoms. The number of rotatable bonds is 4. The summed E-state index contributed by atoms with van der Waals surface area (Å²) in [7, 11) is 2.99. The molecule has 0 saturated heterocycles. The highest BCUT2D eigenvalue weighted by Crippen LogP contribution is 2.19. The van der Waals surface area contributed by atoms with Gasteiger partial charge in [-0.15, -0.1) is 0 Å². The van der Waals surface area contributed by atoms with Gasteiger partial charge in [0.15, 0.2) is 5.15 Å². The van der Waals surface area contributed by atoms with Gasteiger partial charge in [-0.25, -0.2) is 14.2 Å². The fourth-order valence-electron chi connectivity index (χ4n) is 2.42. The molecule has 0 aliphatic rings. The first-order valence-electron chi connectivity index (χ1n) is 7.56. The zero-order valence-corrected chi connectivity index (χ0v) is 14.7. The zero-order valence-electron chi connectivity index (χ0n) is 14.0. The molecule has 2 aromatic carbocycles. The molecule has 8 heteroatoms. The van der Waals surface area contributed by atoms with Gasteiger partial charge < -0.3 is 14.0 Å². The zero-order chi connectivity index (χ0) is 18.8. The minimum atomic E-state index is -0.841. The highest BCUT2D eigenvalue weighted by Gasteiger charge is 2.17. The second kappa shape index (κ2) is 7.13. The van der Waals surface area contributed by atoms with Crippen LogP contribution in [0.1, 0.15) is 15.9 Å². The maximum absolute atomic E-state index is 14.3. The molecular weight excluding hydrogens is 363 g/mol. The summed E-state index contributed by atoms with van der Waals surface area (Å²) < 4.78 is 25.7. The largest absolute Gasteiger partial charge is 0.497 e. The third-order valence-electron chi connectivity index (χ3n) is 3.87. The number of aryl methyl sites for hydroxylation is 1. The lowest BCUT2D eigenvalue weighted by atomic mass is 10.1. The van der Waals surface area contributed by atoms with Crippen molar-refractivity contribution in [2.45, 2.75) is 6.61 Å². The molecule has 0 saturated carbocycles. The summed E-state index contributed by atoms with van der Waals surface area (Å²) in [6, 6.07) is 9.20. The van der Waals surface area contributed by atoms with E-state index in [-0.39, 0.29) is 28.4 Å². The summed E-state index contributed by atoms with van der Waals surface area (Å²) in [5, 5.41) is -0.260. The highest BCUT2D eigenvalue weighted by atomic mass is 35.5. The molecule has 0 amide bonds. The number of carbonyl (C=O) groups is 1. The average Bonchev–Trinajstić information content (AvgIpc) is 2.65. The van der Waals surface area contributed by atoms with Crippen molar-refractivity contribution < 1.29 is 18.7 Å². The van der Waals surface area contributed by atoms with Crippen molar-refractivity contribution >= 4 is 28.6 Å². The summed E-state index contributed by atoms with van der Waals surface area (Å²) in [6.07, 6.45) is 0. The summed E-state index contributed by atoms with van der Waals surface area (Å²) in [6.45, 7) is -0.0260. The van der Waals surface area contributed by atoms with Gasteiger partial charge in [0.1, 0.15) is 18.2 Å². The smallest absolute Gasteiger partial charge is 0.341 e. The Hall–Kier alpha value is -2.93. The van der Waals surface area contributed by atoms with Crippen LogP contribution in [0.25, 0.3) is 11.0 Å². The van der Waals surface area contributed by atoms with Crippen molar-refractivity contribution in [3.05, 3.63) is 68.8 Å². The molecule has 0 unspecified atom stereocenters. The van der Waals surface area contributed by atoms with E-state index >= 15 is 0 Å². The van der Waals surface area contributed by atoms with Crippen molar-refractivity contribution in [3.8, 4) is 5.75 Å². The van der Waals surface area contributed by atoms with E-state index in [1.807, 2.05) is 0 Å². The molecule has 1 aromatic heterocycles. The molecule has 3 rings (SSSR count). The maximum atomic E-state index is 14.3. The van der Waals surface area contributed by atoms with Gasteiger partial charge in [0, 0.05) is 13.1 Å². The first-order chi connectivity index (χ1) is 12.4. The normalized spacial score (nSPS) is 10.8. The minimum Gasteiger partial charge on any atom is -0.497 e. The Morgan fingerprint density at radius 1 is 1.27 bits per heavy atom. The predicted molar refractivity (Wildman–Crippen MR) is 94.1 cm³/mol. The number of fused-ring (bicyclic) bond motifs is 1. The minimum absolute atomic E-state index is 0.0260. The number of benzene rings is 2. The summed E-state index contributed by atoms with van der Waals surface area (Å²) >= 11 is 5.77. The molecule has 1 heterocycles. The number of nitrogens with zero attached hydrogens (tertiary/aromatic N) is 2. The van der Waals surface area contributed by atoms with Crippen LogP contribution in [0.15, 0.2) is 41.2 Å². The first-order valence-corrected chi connectivity index (χ1v) is 7.94. The van der Waals surface area contributed by atoms with Crippen LogP contribution in [0.2, 0.25) is 5.15 Å². The number of methoxy groups -OCH3 is 1. The van der Waals surface area contributed by atoms with Crippen LogP contribution in [0, 0.1) is 5.82 Å². The number of esters is 1. The van der Waals surface area contributed by atoms with Crippen LogP contribution in [0.3, 0.4) is 0 Å². The molecule has 3 aromatic rings. The number of ether oxygens (including phenoxy) is 2. The average molecular weight is 377 g/mol.